The second-order valence-electron chi connectivity index (χ2n) is 9.62. The molecule has 0 spiro atoms. The molecule has 13 heteroatoms. The third-order valence-electron chi connectivity index (χ3n) is 6.74. The Morgan fingerprint density at radius 3 is 2.72 bits per heavy atom. The Bertz CT molecular complexity index is 1770. The number of aromatic nitrogens is 4. The Morgan fingerprint density at radius 1 is 1.09 bits per heavy atom. The van der Waals surface area contributed by atoms with Gasteiger partial charge in [0.05, 0.1) is 43.1 Å². The molecule has 222 valence electrons. The van der Waals surface area contributed by atoms with E-state index in [0.29, 0.717) is 47.4 Å². The molecule has 5 aromatic rings. The maximum absolute atomic E-state index is 13.6. The molecule has 0 fully saturated rings. The van der Waals surface area contributed by atoms with Gasteiger partial charge in [-0.15, -0.1) is 0 Å². The van der Waals surface area contributed by atoms with Crippen molar-refractivity contribution >= 4 is 57.3 Å². The average molecular weight is 586 g/mol. The molecule has 13 nitrogen and oxygen atoms in total. The molecule has 0 bridgehead atoms. The highest BCUT2D eigenvalue weighted by atomic mass is 16.5. The standard InChI is InChI=1S/C30H31N7O6/c1-4-15-42-30(40)34-28-21-17-20(9-11-24(21)43-35-28)32-18-26-33-22-16-19(8-10-23(22)36(26)2)29(39)37(14-12-27(38)41-3)25-7-5-6-13-31-25/h5-11,13,16-17,32H,4,12,14-15,18H2,1-3H3,(H,34,35,40). The highest BCUT2D eigenvalue weighted by Gasteiger charge is 2.21. The van der Waals surface area contributed by atoms with Gasteiger partial charge in [-0.05, 0) is 55.0 Å². The molecule has 2 aromatic carbocycles. The van der Waals surface area contributed by atoms with Crippen LogP contribution in [0.2, 0.25) is 0 Å². The summed E-state index contributed by atoms with van der Waals surface area (Å²) in [6.07, 6.45) is 1.73. The van der Waals surface area contributed by atoms with E-state index in [-0.39, 0.29) is 24.7 Å². The third-order valence-corrected chi connectivity index (χ3v) is 6.74. The topological polar surface area (TPSA) is 154 Å². The number of rotatable bonds is 11. The minimum Gasteiger partial charge on any atom is -0.469 e. The highest BCUT2D eigenvalue weighted by molar-refractivity contribution is 6.07. The van der Waals surface area contributed by atoms with Gasteiger partial charge in [0.25, 0.3) is 5.91 Å². The van der Waals surface area contributed by atoms with E-state index in [9.17, 15) is 14.4 Å². The fourth-order valence-corrected chi connectivity index (χ4v) is 4.48. The van der Waals surface area contributed by atoms with Crippen LogP contribution in [0.15, 0.2) is 65.3 Å². The number of nitrogens with one attached hydrogen (secondary N) is 2. The van der Waals surface area contributed by atoms with Gasteiger partial charge in [0, 0.05) is 31.0 Å². The predicted octanol–water partition coefficient (Wildman–Crippen LogP) is 4.89. The molecule has 0 saturated heterocycles. The number of benzene rings is 2. The molecule has 43 heavy (non-hydrogen) atoms. The van der Waals surface area contributed by atoms with Crippen LogP contribution in [0, 0.1) is 0 Å². The van der Waals surface area contributed by atoms with E-state index in [1.807, 2.05) is 36.7 Å². The summed E-state index contributed by atoms with van der Waals surface area (Å²) in [6.45, 7) is 2.71. The Balaban J connectivity index is 1.33. The number of fused-ring (bicyclic) bond motifs is 2. The lowest BCUT2D eigenvalue weighted by Crippen LogP contribution is -2.33. The Hall–Kier alpha value is -5.46. The summed E-state index contributed by atoms with van der Waals surface area (Å²) in [5, 5.41) is 10.5. The van der Waals surface area contributed by atoms with Crippen molar-refractivity contribution in [2.75, 3.05) is 35.8 Å². The maximum atomic E-state index is 13.6. The number of esters is 1. The van der Waals surface area contributed by atoms with Crippen LogP contribution >= 0.6 is 0 Å². The van der Waals surface area contributed by atoms with Crippen molar-refractivity contribution in [1.29, 1.82) is 0 Å². The maximum Gasteiger partial charge on any atom is 0.412 e. The van der Waals surface area contributed by atoms with Crippen LogP contribution < -0.4 is 15.5 Å². The smallest absolute Gasteiger partial charge is 0.412 e. The zero-order valence-electron chi connectivity index (χ0n) is 24.0. The summed E-state index contributed by atoms with van der Waals surface area (Å²) in [4.78, 5) is 47.9. The van der Waals surface area contributed by atoms with Crippen molar-refractivity contribution in [3.05, 3.63) is 72.2 Å². The molecule has 0 aliphatic carbocycles. The summed E-state index contributed by atoms with van der Waals surface area (Å²) in [5.41, 5.74) is 3.18. The number of anilines is 3. The second kappa shape index (κ2) is 13.0. The van der Waals surface area contributed by atoms with Gasteiger partial charge in [0.2, 0.25) is 0 Å². The molecule has 2 amide bonds. The first-order valence-electron chi connectivity index (χ1n) is 13.7. The zero-order chi connectivity index (χ0) is 30.3. The summed E-state index contributed by atoms with van der Waals surface area (Å²) in [6, 6.07) is 16.0. The predicted molar refractivity (Wildman–Crippen MR) is 160 cm³/mol. The van der Waals surface area contributed by atoms with E-state index in [1.54, 1.807) is 42.6 Å². The van der Waals surface area contributed by atoms with Crippen molar-refractivity contribution in [2.45, 2.75) is 26.3 Å². The number of nitrogens with zero attached hydrogens (tertiary/aromatic N) is 5. The van der Waals surface area contributed by atoms with Crippen molar-refractivity contribution in [2.24, 2.45) is 7.05 Å². The van der Waals surface area contributed by atoms with E-state index >= 15 is 0 Å². The molecule has 3 heterocycles. The molecule has 0 atom stereocenters. The number of carbonyl (C=O) groups is 3. The normalized spacial score (nSPS) is 11.0. The number of pyridine rings is 1. The molecule has 3 aromatic heterocycles. The van der Waals surface area contributed by atoms with Gasteiger partial charge < -0.3 is 23.9 Å². The Kier molecular flexibility index (Phi) is 8.79. The lowest BCUT2D eigenvalue weighted by Gasteiger charge is -2.21. The number of aryl methyl sites for hydroxylation is 1. The number of ether oxygens (including phenoxy) is 2. The molecule has 0 aliphatic rings. The number of methoxy groups -OCH3 is 1. The lowest BCUT2D eigenvalue weighted by atomic mass is 10.1. The van der Waals surface area contributed by atoms with Crippen LogP contribution in [0.3, 0.4) is 0 Å². The van der Waals surface area contributed by atoms with Crippen molar-refractivity contribution in [3.8, 4) is 0 Å². The highest BCUT2D eigenvalue weighted by Crippen LogP contribution is 2.27. The van der Waals surface area contributed by atoms with Gasteiger partial charge in [-0.1, -0.05) is 18.1 Å². The minimum absolute atomic E-state index is 0.0294. The van der Waals surface area contributed by atoms with Gasteiger partial charge in [0.15, 0.2) is 11.4 Å². The van der Waals surface area contributed by atoms with Gasteiger partial charge in [0.1, 0.15) is 11.6 Å². The molecular formula is C30H31N7O6. The number of hydrogen-bond donors (Lipinski definition) is 2. The molecule has 0 radical (unpaired) electrons. The third kappa shape index (κ3) is 6.56. The fourth-order valence-electron chi connectivity index (χ4n) is 4.48. The van der Waals surface area contributed by atoms with E-state index in [1.165, 1.54) is 12.0 Å². The summed E-state index contributed by atoms with van der Waals surface area (Å²) in [7, 11) is 3.21. The summed E-state index contributed by atoms with van der Waals surface area (Å²) in [5.74, 6) is 0.712. The summed E-state index contributed by atoms with van der Waals surface area (Å²) >= 11 is 0. The molecule has 2 N–H and O–H groups in total. The minimum atomic E-state index is -0.598. The first-order chi connectivity index (χ1) is 20.9. The van der Waals surface area contributed by atoms with Gasteiger partial charge >= 0.3 is 12.1 Å². The number of amides is 2. The van der Waals surface area contributed by atoms with Crippen molar-refractivity contribution < 1.29 is 28.4 Å². The Labute approximate surface area is 246 Å². The number of hydrogen-bond acceptors (Lipinski definition) is 10. The van der Waals surface area contributed by atoms with E-state index in [4.69, 9.17) is 19.0 Å². The number of imidazole rings is 1. The zero-order valence-corrected chi connectivity index (χ0v) is 24.0. The van der Waals surface area contributed by atoms with Crippen molar-refractivity contribution in [1.82, 2.24) is 19.7 Å². The second-order valence-corrected chi connectivity index (χ2v) is 9.62. The average Bonchev–Trinajstić information content (AvgIpc) is 3.58. The largest absolute Gasteiger partial charge is 0.469 e. The lowest BCUT2D eigenvalue weighted by molar-refractivity contribution is -0.140. The van der Waals surface area contributed by atoms with Gasteiger partial charge in [-0.25, -0.2) is 14.8 Å². The van der Waals surface area contributed by atoms with E-state index < -0.39 is 12.1 Å². The fraction of sp³-hybridized carbons (Fsp3) is 0.267. The molecule has 0 saturated carbocycles. The number of carbonyl (C=O) groups excluding carboxylic acids is 3. The molecule has 5 rings (SSSR count). The monoisotopic (exact) mass is 585 g/mol. The van der Waals surface area contributed by atoms with Crippen LogP contribution in [-0.4, -0.2) is 57.9 Å². The van der Waals surface area contributed by atoms with E-state index in [0.717, 1.165) is 17.0 Å². The van der Waals surface area contributed by atoms with Crippen LogP contribution in [-0.2, 0) is 27.9 Å². The van der Waals surface area contributed by atoms with E-state index in [2.05, 4.69) is 20.8 Å². The first kappa shape index (κ1) is 29.0. The van der Waals surface area contributed by atoms with Crippen molar-refractivity contribution in [3.63, 3.8) is 0 Å². The Morgan fingerprint density at radius 2 is 1.95 bits per heavy atom. The van der Waals surface area contributed by atoms with Gasteiger partial charge in [-0.2, -0.15) is 0 Å². The van der Waals surface area contributed by atoms with Crippen LogP contribution in [0.1, 0.15) is 35.9 Å². The van der Waals surface area contributed by atoms with Crippen LogP contribution in [0.25, 0.3) is 22.0 Å². The molecule has 0 unspecified atom stereocenters. The summed E-state index contributed by atoms with van der Waals surface area (Å²) < 4.78 is 17.1. The SMILES string of the molecule is CCCOC(=O)Nc1noc2ccc(NCc3nc4cc(C(=O)N(CCC(=O)OC)c5ccccn5)ccc4n3C)cc12. The first-order valence-corrected chi connectivity index (χ1v) is 13.7. The molecule has 0 aliphatic heterocycles. The van der Waals surface area contributed by atoms with Gasteiger partial charge in [-0.3, -0.25) is 19.8 Å². The van der Waals surface area contributed by atoms with Crippen LogP contribution in [0.4, 0.5) is 22.1 Å². The molecular weight excluding hydrogens is 554 g/mol. The quantitative estimate of drug-likeness (QED) is 0.205. The van der Waals surface area contributed by atoms with Crippen LogP contribution in [0.5, 0.6) is 0 Å².